The predicted octanol–water partition coefficient (Wildman–Crippen LogP) is 1.25. The van der Waals surface area contributed by atoms with Crippen molar-refractivity contribution < 1.29 is 14.7 Å². The summed E-state index contributed by atoms with van der Waals surface area (Å²) in [6.45, 7) is 2.09. The first kappa shape index (κ1) is 15.2. The van der Waals surface area contributed by atoms with Crippen molar-refractivity contribution in [1.82, 2.24) is 10.3 Å². The molecule has 7 heteroatoms. The highest BCUT2D eigenvalue weighted by atomic mass is 35.5. The first-order chi connectivity index (χ1) is 8.86. The number of aromatic carboxylic acids is 1. The van der Waals surface area contributed by atoms with Crippen molar-refractivity contribution >= 4 is 29.3 Å². The summed E-state index contributed by atoms with van der Waals surface area (Å²) in [5.74, 6) is -1.25. The van der Waals surface area contributed by atoms with E-state index in [0.717, 1.165) is 0 Å². The predicted molar refractivity (Wildman–Crippen MR) is 72.7 cm³/mol. The SMILES string of the molecule is CNC(=O)C(C)CN(C)c1nc(Cl)ccc1C(=O)O. The summed E-state index contributed by atoms with van der Waals surface area (Å²) in [4.78, 5) is 28.2. The Labute approximate surface area is 116 Å². The summed E-state index contributed by atoms with van der Waals surface area (Å²) in [5, 5.41) is 11.9. The standard InChI is InChI=1S/C12H16ClN3O3/c1-7(11(17)14-2)6-16(3)10-8(12(18)19)4-5-9(13)15-10/h4-5,7H,6H2,1-3H3,(H,14,17)(H,18,19). The molecule has 0 aliphatic heterocycles. The summed E-state index contributed by atoms with van der Waals surface area (Å²) in [6, 6.07) is 2.82. The number of anilines is 1. The maximum atomic E-state index is 11.5. The van der Waals surface area contributed by atoms with Crippen LogP contribution >= 0.6 is 11.6 Å². The molecule has 104 valence electrons. The zero-order valence-electron chi connectivity index (χ0n) is 11.0. The minimum absolute atomic E-state index is 0.0519. The normalized spacial score (nSPS) is 11.8. The van der Waals surface area contributed by atoms with Crippen LogP contribution in [0.15, 0.2) is 12.1 Å². The number of carboxylic acid groups (broad SMARTS) is 1. The number of rotatable bonds is 5. The minimum Gasteiger partial charge on any atom is -0.478 e. The second-order valence-electron chi connectivity index (χ2n) is 4.21. The molecule has 2 N–H and O–H groups in total. The molecule has 1 atom stereocenters. The van der Waals surface area contributed by atoms with E-state index in [-0.39, 0.29) is 28.4 Å². The summed E-state index contributed by atoms with van der Waals surface area (Å²) in [5.41, 5.74) is 0.0519. The molecule has 1 heterocycles. The van der Waals surface area contributed by atoms with Crippen molar-refractivity contribution in [2.45, 2.75) is 6.92 Å². The third kappa shape index (κ3) is 3.82. The number of halogens is 1. The first-order valence-electron chi connectivity index (χ1n) is 5.69. The van der Waals surface area contributed by atoms with Gasteiger partial charge in [0.15, 0.2) is 0 Å². The van der Waals surface area contributed by atoms with Crippen LogP contribution in [0.3, 0.4) is 0 Å². The van der Waals surface area contributed by atoms with Crippen LogP contribution in [0.1, 0.15) is 17.3 Å². The molecule has 0 bridgehead atoms. The number of hydrogen-bond acceptors (Lipinski definition) is 4. The van der Waals surface area contributed by atoms with Gasteiger partial charge in [-0.05, 0) is 12.1 Å². The molecule has 0 aliphatic carbocycles. The number of nitrogens with zero attached hydrogens (tertiary/aromatic N) is 2. The van der Waals surface area contributed by atoms with E-state index in [1.165, 1.54) is 12.1 Å². The van der Waals surface area contributed by atoms with Gasteiger partial charge in [0.2, 0.25) is 5.91 Å². The molecule has 0 fully saturated rings. The first-order valence-corrected chi connectivity index (χ1v) is 6.07. The van der Waals surface area contributed by atoms with Crippen molar-refractivity contribution in [3.05, 3.63) is 22.8 Å². The summed E-state index contributed by atoms with van der Waals surface area (Å²) in [7, 11) is 3.23. The van der Waals surface area contributed by atoms with Crippen LogP contribution in [0.2, 0.25) is 5.15 Å². The summed E-state index contributed by atoms with van der Waals surface area (Å²) >= 11 is 5.78. The minimum atomic E-state index is -1.08. The topological polar surface area (TPSA) is 82.5 Å². The number of hydrogen-bond donors (Lipinski definition) is 2. The van der Waals surface area contributed by atoms with Gasteiger partial charge in [-0.1, -0.05) is 18.5 Å². The van der Waals surface area contributed by atoms with E-state index in [2.05, 4.69) is 10.3 Å². The lowest BCUT2D eigenvalue weighted by Crippen LogP contribution is -2.35. The van der Waals surface area contributed by atoms with Crippen LogP contribution in [0, 0.1) is 5.92 Å². The van der Waals surface area contributed by atoms with Gasteiger partial charge >= 0.3 is 5.97 Å². The van der Waals surface area contributed by atoms with Crippen LogP contribution in [0.5, 0.6) is 0 Å². The monoisotopic (exact) mass is 285 g/mol. The Morgan fingerprint density at radius 1 is 1.53 bits per heavy atom. The number of carboxylic acids is 1. The molecule has 1 aromatic rings. The molecular weight excluding hydrogens is 270 g/mol. The Morgan fingerprint density at radius 3 is 2.68 bits per heavy atom. The fraction of sp³-hybridized carbons (Fsp3) is 0.417. The van der Waals surface area contributed by atoms with Crippen molar-refractivity contribution in [3.63, 3.8) is 0 Å². The third-order valence-corrected chi connectivity index (χ3v) is 2.89. The Kier molecular flexibility index (Phi) is 5.11. The molecule has 0 saturated carbocycles. The van der Waals surface area contributed by atoms with Gasteiger partial charge in [-0.3, -0.25) is 4.79 Å². The largest absolute Gasteiger partial charge is 0.478 e. The van der Waals surface area contributed by atoms with Gasteiger partial charge in [0, 0.05) is 20.6 Å². The maximum Gasteiger partial charge on any atom is 0.339 e. The van der Waals surface area contributed by atoms with Gasteiger partial charge in [0.25, 0.3) is 0 Å². The van der Waals surface area contributed by atoms with Crippen LogP contribution < -0.4 is 10.2 Å². The van der Waals surface area contributed by atoms with Crippen LogP contribution in [0.4, 0.5) is 5.82 Å². The van der Waals surface area contributed by atoms with Gasteiger partial charge in [-0.25, -0.2) is 9.78 Å². The Hall–Kier alpha value is -1.82. The molecule has 0 aliphatic rings. The highest BCUT2D eigenvalue weighted by molar-refractivity contribution is 6.29. The lowest BCUT2D eigenvalue weighted by atomic mass is 10.1. The zero-order valence-corrected chi connectivity index (χ0v) is 11.7. The average Bonchev–Trinajstić information content (AvgIpc) is 2.36. The van der Waals surface area contributed by atoms with Crippen LogP contribution in [-0.2, 0) is 4.79 Å². The number of aromatic nitrogens is 1. The molecule has 1 amide bonds. The molecule has 1 aromatic heterocycles. The van der Waals surface area contributed by atoms with Gasteiger partial charge in [-0.15, -0.1) is 0 Å². The highest BCUT2D eigenvalue weighted by Crippen LogP contribution is 2.20. The number of amides is 1. The molecule has 0 saturated heterocycles. The fourth-order valence-electron chi connectivity index (χ4n) is 1.71. The Morgan fingerprint density at radius 2 is 2.16 bits per heavy atom. The number of pyridine rings is 1. The molecule has 0 radical (unpaired) electrons. The highest BCUT2D eigenvalue weighted by Gasteiger charge is 2.19. The van der Waals surface area contributed by atoms with E-state index in [1.54, 1.807) is 25.9 Å². The number of carbonyl (C=O) groups is 2. The lowest BCUT2D eigenvalue weighted by Gasteiger charge is -2.23. The molecule has 0 aromatic carbocycles. The fourth-order valence-corrected chi connectivity index (χ4v) is 1.85. The van der Waals surface area contributed by atoms with E-state index in [9.17, 15) is 9.59 Å². The van der Waals surface area contributed by atoms with E-state index >= 15 is 0 Å². The lowest BCUT2D eigenvalue weighted by molar-refractivity contribution is -0.123. The number of carbonyl (C=O) groups excluding carboxylic acids is 1. The Balaban J connectivity index is 2.98. The van der Waals surface area contributed by atoms with Gasteiger partial charge < -0.3 is 15.3 Å². The van der Waals surface area contributed by atoms with Crippen molar-refractivity contribution in [1.29, 1.82) is 0 Å². The second-order valence-corrected chi connectivity index (χ2v) is 4.59. The summed E-state index contributed by atoms with van der Waals surface area (Å²) in [6.07, 6.45) is 0. The van der Waals surface area contributed by atoms with E-state index in [1.807, 2.05) is 0 Å². The third-order valence-electron chi connectivity index (χ3n) is 2.67. The Bertz CT molecular complexity index is 493. The maximum absolute atomic E-state index is 11.5. The van der Waals surface area contributed by atoms with Crippen LogP contribution in [0.25, 0.3) is 0 Å². The molecule has 1 rings (SSSR count). The smallest absolute Gasteiger partial charge is 0.339 e. The quantitative estimate of drug-likeness (QED) is 0.796. The van der Waals surface area contributed by atoms with Crippen LogP contribution in [-0.4, -0.2) is 42.6 Å². The molecule has 6 nitrogen and oxygen atoms in total. The molecule has 19 heavy (non-hydrogen) atoms. The second kappa shape index (κ2) is 6.38. The average molecular weight is 286 g/mol. The molecular formula is C12H16ClN3O3. The van der Waals surface area contributed by atoms with Gasteiger partial charge in [0.05, 0.1) is 5.92 Å². The van der Waals surface area contributed by atoms with Gasteiger partial charge in [-0.2, -0.15) is 0 Å². The molecule has 1 unspecified atom stereocenters. The van der Waals surface area contributed by atoms with E-state index in [4.69, 9.17) is 16.7 Å². The number of nitrogens with one attached hydrogen (secondary N) is 1. The van der Waals surface area contributed by atoms with Crippen molar-refractivity contribution in [3.8, 4) is 0 Å². The summed E-state index contributed by atoms with van der Waals surface area (Å²) < 4.78 is 0. The van der Waals surface area contributed by atoms with E-state index in [0.29, 0.717) is 6.54 Å². The molecule has 0 spiro atoms. The zero-order chi connectivity index (χ0) is 14.6. The van der Waals surface area contributed by atoms with Gasteiger partial charge in [0.1, 0.15) is 16.5 Å². The van der Waals surface area contributed by atoms with E-state index < -0.39 is 5.97 Å². The van der Waals surface area contributed by atoms with Crippen molar-refractivity contribution in [2.24, 2.45) is 5.92 Å². The van der Waals surface area contributed by atoms with Crippen molar-refractivity contribution in [2.75, 3.05) is 25.5 Å².